The summed E-state index contributed by atoms with van der Waals surface area (Å²) in [6.07, 6.45) is 3.42. The van der Waals surface area contributed by atoms with Crippen molar-refractivity contribution in [2.24, 2.45) is 0 Å². The number of aryl methyl sites for hydroxylation is 1. The molecule has 10 heteroatoms. The summed E-state index contributed by atoms with van der Waals surface area (Å²) < 4.78 is 7.47. The minimum Gasteiger partial charge on any atom is -0.384 e. The second-order valence-electron chi connectivity index (χ2n) is 8.37. The number of nitrogens with one attached hydrogen (secondary N) is 1. The van der Waals surface area contributed by atoms with E-state index in [0.717, 1.165) is 35.8 Å². The van der Waals surface area contributed by atoms with Crippen LogP contribution in [0.25, 0.3) is 0 Å². The zero-order valence-corrected chi connectivity index (χ0v) is 18.8. The molecule has 0 radical (unpaired) electrons. The van der Waals surface area contributed by atoms with E-state index in [0.29, 0.717) is 11.7 Å². The molecule has 1 fully saturated rings. The molecule has 33 heavy (non-hydrogen) atoms. The zero-order valence-electron chi connectivity index (χ0n) is 18.8. The number of aromatic nitrogens is 4. The fourth-order valence-corrected chi connectivity index (χ4v) is 4.46. The molecule has 4 rings (SSSR count). The Morgan fingerprint density at radius 3 is 2.48 bits per heavy atom. The van der Waals surface area contributed by atoms with E-state index in [-0.39, 0.29) is 31.0 Å². The Labute approximate surface area is 190 Å². The van der Waals surface area contributed by atoms with Gasteiger partial charge in [0.2, 0.25) is 5.89 Å². The molecule has 2 aromatic heterocycles. The van der Waals surface area contributed by atoms with Crippen molar-refractivity contribution < 1.29 is 9.32 Å². The van der Waals surface area contributed by atoms with Gasteiger partial charge in [-0.25, -0.2) is 4.79 Å². The first-order valence-corrected chi connectivity index (χ1v) is 11.1. The van der Waals surface area contributed by atoms with E-state index in [1.807, 2.05) is 30.3 Å². The van der Waals surface area contributed by atoms with Crippen molar-refractivity contribution in [3.8, 4) is 0 Å². The molecule has 1 aliphatic rings. The van der Waals surface area contributed by atoms with E-state index >= 15 is 0 Å². The smallest absolute Gasteiger partial charge is 0.332 e. The fraction of sp³-hybridized carbons (Fsp3) is 0.435. The minimum atomic E-state index is -0.674. The van der Waals surface area contributed by atoms with Gasteiger partial charge in [-0.05, 0) is 25.3 Å². The number of hydrogen-bond acceptors (Lipinski definition) is 8. The van der Waals surface area contributed by atoms with E-state index in [4.69, 9.17) is 10.3 Å². The molecule has 0 unspecified atom stereocenters. The van der Waals surface area contributed by atoms with Gasteiger partial charge in [-0.2, -0.15) is 4.98 Å². The van der Waals surface area contributed by atoms with Crippen molar-refractivity contribution in [3.05, 3.63) is 74.0 Å². The number of nitrogens with zero attached hydrogens (tertiary/aromatic N) is 4. The van der Waals surface area contributed by atoms with Crippen LogP contribution in [0, 0.1) is 6.92 Å². The summed E-state index contributed by atoms with van der Waals surface area (Å²) in [7, 11) is 0. The van der Waals surface area contributed by atoms with Gasteiger partial charge in [0.05, 0.1) is 18.6 Å². The van der Waals surface area contributed by atoms with Crippen LogP contribution in [0.5, 0.6) is 0 Å². The lowest BCUT2D eigenvalue weighted by molar-refractivity contribution is 0.0972. The highest BCUT2D eigenvalue weighted by Crippen LogP contribution is 2.37. The lowest BCUT2D eigenvalue weighted by atomic mass is 9.96. The van der Waals surface area contributed by atoms with Crippen molar-refractivity contribution in [2.75, 3.05) is 12.3 Å². The molecule has 1 aliphatic carbocycles. The summed E-state index contributed by atoms with van der Waals surface area (Å²) in [5.74, 6) is 0.361. The third kappa shape index (κ3) is 4.25. The first kappa shape index (κ1) is 22.7. The number of rotatable bonds is 8. The third-order valence-electron chi connectivity index (χ3n) is 6.25. The molecule has 0 atom stereocenters. The summed E-state index contributed by atoms with van der Waals surface area (Å²) in [4.78, 5) is 43.6. The van der Waals surface area contributed by atoms with Gasteiger partial charge < -0.3 is 10.3 Å². The highest BCUT2D eigenvalue weighted by Gasteiger charge is 2.40. The van der Waals surface area contributed by atoms with Gasteiger partial charge in [0.1, 0.15) is 11.4 Å². The van der Waals surface area contributed by atoms with Crippen LogP contribution in [0.15, 0.2) is 44.4 Å². The fourth-order valence-electron chi connectivity index (χ4n) is 4.46. The normalized spacial score (nSPS) is 15.1. The van der Waals surface area contributed by atoms with Gasteiger partial charge in [-0.15, -0.1) is 0 Å². The van der Waals surface area contributed by atoms with E-state index in [2.05, 4.69) is 15.5 Å². The maximum absolute atomic E-state index is 13.3. The van der Waals surface area contributed by atoms with Gasteiger partial charge in [0, 0.05) is 13.5 Å². The summed E-state index contributed by atoms with van der Waals surface area (Å²) in [5, 5.41) is 7.33. The average Bonchev–Trinajstić information content (AvgIpc) is 3.46. The van der Waals surface area contributed by atoms with Crippen molar-refractivity contribution in [2.45, 2.75) is 58.2 Å². The van der Waals surface area contributed by atoms with Crippen LogP contribution in [0.4, 0.5) is 5.82 Å². The standard InChI is InChI=1S/C23H28N6O4/c1-3-28-20(31)18(19(24)29(22(28)32)14-16-9-5-4-6-10-16)17(30)13-25-23(11-7-8-12-23)21-26-15(2)33-27-21/h4-6,9-10,25H,3,7-8,11-14,24H2,1-2H3. The summed E-state index contributed by atoms with van der Waals surface area (Å²) in [6.45, 7) is 3.55. The lowest BCUT2D eigenvalue weighted by Crippen LogP contribution is -2.47. The molecule has 3 aromatic rings. The third-order valence-corrected chi connectivity index (χ3v) is 6.25. The molecule has 0 bridgehead atoms. The van der Waals surface area contributed by atoms with Crippen LogP contribution in [0.1, 0.15) is 60.2 Å². The van der Waals surface area contributed by atoms with Crippen LogP contribution in [-0.2, 0) is 18.6 Å². The SMILES string of the molecule is CCn1c(=O)c(C(=O)CNC2(c3noc(C)n3)CCCC2)c(N)n(Cc2ccccc2)c1=O. The van der Waals surface area contributed by atoms with Gasteiger partial charge in [-0.1, -0.05) is 48.3 Å². The highest BCUT2D eigenvalue weighted by molar-refractivity contribution is 6.01. The Bertz CT molecular complexity index is 1270. The van der Waals surface area contributed by atoms with Crippen molar-refractivity contribution in [1.29, 1.82) is 0 Å². The minimum absolute atomic E-state index is 0.124. The number of nitrogens with two attached hydrogens (primary N) is 1. The molecule has 10 nitrogen and oxygen atoms in total. The van der Waals surface area contributed by atoms with Crippen molar-refractivity contribution >= 4 is 11.6 Å². The van der Waals surface area contributed by atoms with Crippen molar-refractivity contribution in [1.82, 2.24) is 24.6 Å². The second-order valence-corrected chi connectivity index (χ2v) is 8.37. The quantitative estimate of drug-likeness (QED) is 0.492. The molecule has 0 spiro atoms. The largest absolute Gasteiger partial charge is 0.384 e. The number of ketones is 1. The number of hydrogen-bond donors (Lipinski definition) is 2. The van der Waals surface area contributed by atoms with Gasteiger partial charge in [0.25, 0.3) is 5.56 Å². The van der Waals surface area contributed by atoms with E-state index < -0.39 is 22.6 Å². The Morgan fingerprint density at radius 1 is 1.18 bits per heavy atom. The van der Waals surface area contributed by atoms with E-state index in [1.165, 1.54) is 4.57 Å². The van der Waals surface area contributed by atoms with Crippen LogP contribution >= 0.6 is 0 Å². The molecule has 3 N–H and O–H groups in total. The predicted octanol–water partition coefficient (Wildman–Crippen LogP) is 1.59. The maximum atomic E-state index is 13.3. The van der Waals surface area contributed by atoms with E-state index in [1.54, 1.807) is 13.8 Å². The molecular weight excluding hydrogens is 424 g/mol. The van der Waals surface area contributed by atoms with Crippen LogP contribution in [0.2, 0.25) is 0 Å². The molecule has 1 saturated carbocycles. The van der Waals surface area contributed by atoms with Crippen LogP contribution < -0.4 is 22.3 Å². The van der Waals surface area contributed by atoms with Gasteiger partial charge in [0.15, 0.2) is 11.6 Å². The number of benzene rings is 1. The summed E-state index contributed by atoms with van der Waals surface area (Å²) >= 11 is 0. The first-order chi connectivity index (χ1) is 15.9. The Morgan fingerprint density at radius 2 is 1.88 bits per heavy atom. The highest BCUT2D eigenvalue weighted by atomic mass is 16.5. The summed E-state index contributed by atoms with van der Waals surface area (Å²) in [5.41, 5.74) is 5.10. The van der Waals surface area contributed by atoms with Crippen LogP contribution in [0.3, 0.4) is 0 Å². The molecule has 174 valence electrons. The Hall–Kier alpha value is -3.53. The second kappa shape index (κ2) is 9.14. The lowest BCUT2D eigenvalue weighted by Gasteiger charge is -2.26. The number of Topliss-reactive ketones (excluding diaryl/α,β-unsaturated/α-hetero) is 1. The van der Waals surface area contributed by atoms with E-state index in [9.17, 15) is 14.4 Å². The number of carbonyl (C=O) groups is 1. The predicted molar refractivity (Wildman–Crippen MR) is 122 cm³/mol. The molecule has 0 aliphatic heterocycles. The average molecular weight is 453 g/mol. The Kier molecular flexibility index (Phi) is 6.28. The molecular formula is C23H28N6O4. The summed E-state index contributed by atoms with van der Waals surface area (Å²) in [6, 6.07) is 9.28. The molecule has 1 aromatic carbocycles. The Balaban J connectivity index is 1.67. The van der Waals surface area contributed by atoms with Crippen molar-refractivity contribution in [3.63, 3.8) is 0 Å². The van der Waals surface area contributed by atoms with Crippen LogP contribution in [-0.4, -0.2) is 31.6 Å². The topological polar surface area (TPSA) is 138 Å². The monoisotopic (exact) mass is 452 g/mol. The van der Waals surface area contributed by atoms with Gasteiger partial charge in [-0.3, -0.25) is 24.0 Å². The number of nitrogen functional groups attached to an aromatic ring is 1. The molecule has 0 amide bonds. The first-order valence-electron chi connectivity index (χ1n) is 11.1. The zero-order chi connectivity index (χ0) is 23.6. The number of carbonyl (C=O) groups excluding carboxylic acids is 1. The van der Waals surface area contributed by atoms with Gasteiger partial charge >= 0.3 is 5.69 Å². The molecule has 0 saturated heterocycles. The maximum Gasteiger partial charge on any atom is 0.332 e. The number of anilines is 1. The molecule has 2 heterocycles.